The van der Waals surface area contributed by atoms with Crippen LogP contribution in [0.15, 0.2) is 24.3 Å². The molecule has 1 amide bonds. The molecule has 1 rings (SSSR count). The average molecular weight is 436 g/mol. The standard InChI is InChI=1S/C26H42FNO3/c1-3-4-5-6-7-8-9-10-11-12-13-14-15-16-21-31-26(30)22(2)28-25(29)23-17-19-24(27)20-18-23/h17-20,22H,3-16,21H2,1-2H3,(H,28,29)/t22-/m0/s1. The van der Waals surface area contributed by atoms with Gasteiger partial charge in [0.05, 0.1) is 6.61 Å². The molecule has 0 saturated heterocycles. The lowest BCUT2D eigenvalue weighted by atomic mass is 10.0. The molecular weight excluding hydrogens is 393 g/mol. The highest BCUT2D eigenvalue weighted by Gasteiger charge is 2.17. The van der Waals surface area contributed by atoms with Crippen LogP contribution in [-0.2, 0) is 9.53 Å². The van der Waals surface area contributed by atoms with Crippen LogP contribution in [0.1, 0.15) is 114 Å². The SMILES string of the molecule is CCCCCCCCCCCCCCCCOC(=O)[C@H](C)NC(=O)c1ccc(F)cc1. The lowest BCUT2D eigenvalue weighted by Crippen LogP contribution is -2.39. The fourth-order valence-electron chi connectivity index (χ4n) is 3.53. The molecule has 1 atom stereocenters. The van der Waals surface area contributed by atoms with Crippen molar-refractivity contribution in [1.29, 1.82) is 0 Å². The zero-order valence-electron chi connectivity index (χ0n) is 19.6. The number of nitrogens with one attached hydrogen (secondary N) is 1. The number of hydrogen-bond acceptors (Lipinski definition) is 3. The molecular formula is C26H42FNO3. The first-order valence-corrected chi connectivity index (χ1v) is 12.3. The Morgan fingerprint density at radius 1 is 0.806 bits per heavy atom. The van der Waals surface area contributed by atoms with E-state index in [0.29, 0.717) is 12.2 Å². The second kappa shape index (κ2) is 17.7. The Morgan fingerprint density at radius 3 is 1.74 bits per heavy atom. The van der Waals surface area contributed by atoms with Gasteiger partial charge >= 0.3 is 5.97 Å². The molecule has 4 nitrogen and oxygen atoms in total. The number of halogens is 1. The summed E-state index contributed by atoms with van der Waals surface area (Å²) in [4.78, 5) is 24.0. The maximum Gasteiger partial charge on any atom is 0.328 e. The van der Waals surface area contributed by atoms with E-state index in [-0.39, 0.29) is 0 Å². The van der Waals surface area contributed by atoms with Gasteiger partial charge in [-0.1, -0.05) is 90.4 Å². The highest BCUT2D eigenvalue weighted by atomic mass is 19.1. The number of carbonyl (C=O) groups excluding carboxylic acids is 2. The molecule has 1 aromatic rings. The molecule has 0 aromatic heterocycles. The zero-order valence-corrected chi connectivity index (χ0v) is 19.6. The van der Waals surface area contributed by atoms with E-state index in [1.165, 1.54) is 101 Å². The molecule has 31 heavy (non-hydrogen) atoms. The van der Waals surface area contributed by atoms with E-state index in [4.69, 9.17) is 4.74 Å². The van der Waals surface area contributed by atoms with Gasteiger partial charge in [0.25, 0.3) is 5.91 Å². The third-order valence-corrected chi connectivity index (χ3v) is 5.55. The summed E-state index contributed by atoms with van der Waals surface area (Å²) >= 11 is 0. The second-order valence-corrected chi connectivity index (χ2v) is 8.47. The summed E-state index contributed by atoms with van der Waals surface area (Å²) in [5.74, 6) is -1.26. The number of benzene rings is 1. The molecule has 0 aliphatic rings. The van der Waals surface area contributed by atoms with E-state index in [1.807, 2.05) is 0 Å². The van der Waals surface area contributed by atoms with Crippen LogP contribution >= 0.6 is 0 Å². The van der Waals surface area contributed by atoms with Gasteiger partial charge in [-0.05, 0) is 37.6 Å². The molecule has 0 saturated carbocycles. The predicted molar refractivity (Wildman–Crippen MR) is 125 cm³/mol. The molecule has 0 spiro atoms. The van der Waals surface area contributed by atoms with Gasteiger partial charge < -0.3 is 10.1 Å². The lowest BCUT2D eigenvalue weighted by Gasteiger charge is -2.13. The van der Waals surface area contributed by atoms with Gasteiger partial charge in [-0.3, -0.25) is 4.79 Å². The van der Waals surface area contributed by atoms with Gasteiger partial charge in [0.2, 0.25) is 0 Å². The summed E-state index contributed by atoms with van der Waals surface area (Å²) in [6.07, 6.45) is 18.0. The predicted octanol–water partition coefficient (Wildman–Crippen LogP) is 6.97. The van der Waals surface area contributed by atoms with Crippen molar-refractivity contribution in [2.75, 3.05) is 6.61 Å². The smallest absolute Gasteiger partial charge is 0.328 e. The largest absolute Gasteiger partial charge is 0.464 e. The Hall–Kier alpha value is -1.91. The number of rotatable bonds is 18. The summed E-state index contributed by atoms with van der Waals surface area (Å²) < 4.78 is 18.2. The number of esters is 1. The molecule has 0 unspecified atom stereocenters. The van der Waals surface area contributed by atoms with Gasteiger partial charge in [-0.2, -0.15) is 0 Å². The van der Waals surface area contributed by atoms with Crippen LogP contribution in [0, 0.1) is 5.82 Å². The normalized spacial score (nSPS) is 11.8. The quantitative estimate of drug-likeness (QED) is 0.200. The summed E-state index contributed by atoms with van der Waals surface area (Å²) in [6, 6.07) is 4.47. The highest BCUT2D eigenvalue weighted by Crippen LogP contribution is 2.13. The van der Waals surface area contributed by atoms with Crippen molar-refractivity contribution < 1.29 is 18.7 Å². The van der Waals surface area contributed by atoms with Gasteiger partial charge in [0, 0.05) is 5.56 Å². The van der Waals surface area contributed by atoms with Crippen LogP contribution in [0.5, 0.6) is 0 Å². The monoisotopic (exact) mass is 435 g/mol. The number of amides is 1. The van der Waals surface area contributed by atoms with Crippen molar-refractivity contribution in [1.82, 2.24) is 5.32 Å². The van der Waals surface area contributed by atoms with Gasteiger partial charge in [0.15, 0.2) is 0 Å². The molecule has 0 fully saturated rings. The van der Waals surface area contributed by atoms with Crippen molar-refractivity contribution in [2.24, 2.45) is 0 Å². The minimum atomic E-state index is -0.732. The van der Waals surface area contributed by atoms with E-state index in [2.05, 4.69) is 12.2 Å². The van der Waals surface area contributed by atoms with E-state index in [0.717, 1.165) is 12.8 Å². The molecule has 0 radical (unpaired) electrons. The third kappa shape index (κ3) is 13.9. The van der Waals surface area contributed by atoms with Crippen LogP contribution < -0.4 is 5.32 Å². The number of ether oxygens (including phenoxy) is 1. The van der Waals surface area contributed by atoms with Crippen LogP contribution in [0.2, 0.25) is 0 Å². The second-order valence-electron chi connectivity index (χ2n) is 8.47. The van der Waals surface area contributed by atoms with Crippen molar-refractivity contribution >= 4 is 11.9 Å². The maximum atomic E-state index is 12.9. The molecule has 1 aromatic carbocycles. The Kier molecular flexibility index (Phi) is 15.5. The van der Waals surface area contributed by atoms with Gasteiger partial charge in [-0.25, -0.2) is 9.18 Å². The number of carbonyl (C=O) groups is 2. The van der Waals surface area contributed by atoms with Gasteiger partial charge in [-0.15, -0.1) is 0 Å². The molecule has 5 heteroatoms. The Bertz CT molecular complexity index is 603. The van der Waals surface area contributed by atoms with Crippen molar-refractivity contribution in [3.8, 4) is 0 Å². The number of unbranched alkanes of at least 4 members (excludes halogenated alkanes) is 13. The minimum absolute atomic E-state index is 0.313. The summed E-state index contributed by atoms with van der Waals surface area (Å²) in [6.45, 7) is 4.23. The lowest BCUT2D eigenvalue weighted by molar-refractivity contribution is -0.145. The molecule has 176 valence electrons. The summed E-state index contributed by atoms with van der Waals surface area (Å²) in [5.41, 5.74) is 0.313. The molecule has 1 N–H and O–H groups in total. The molecule has 0 bridgehead atoms. The Labute approximate surface area is 188 Å². The van der Waals surface area contributed by atoms with Crippen molar-refractivity contribution in [3.63, 3.8) is 0 Å². The Morgan fingerprint density at radius 2 is 1.26 bits per heavy atom. The fourth-order valence-corrected chi connectivity index (χ4v) is 3.53. The summed E-state index contributed by atoms with van der Waals surface area (Å²) in [5, 5.41) is 2.58. The first kappa shape index (κ1) is 27.1. The van der Waals surface area contributed by atoms with Crippen LogP contribution in [0.4, 0.5) is 4.39 Å². The van der Waals surface area contributed by atoms with Gasteiger partial charge in [0.1, 0.15) is 11.9 Å². The fraction of sp³-hybridized carbons (Fsp3) is 0.692. The first-order chi connectivity index (χ1) is 15.0. The first-order valence-electron chi connectivity index (χ1n) is 12.3. The van der Waals surface area contributed by atoms with E-state index >= 15 is 0 Å². The Balaban J connectivity index is 1.94. The van der Waals surface area contributed by atoms with Crippen LogP contribution in [0.3, 0.4) is 0 Å². The third-order valence-electron chi connectivity index (χ3n) is 5.55. The maximum absolute atomic E-state index is 12.9. The van der Waals surface area contributed by atoms with E-state index in [1.54, 1.807) is 6.92 Å². The minimum Gasteiger partial charge on any atom is -0.464 e. The van der Waals surface area contributed by atoms with E-state index < -0.39 is 23.7 Å². The van der Waals surface area contributed by atoms with Crippen molar-refractivity contribution in [3.05, 3.63) is 35.6 Å². The zero-order chi connectivity index (χ0) is 22.7. The summed E-state index contributed by atoms with van der Waals surface area (Å²) in [7, 11) is 0. The highest BCUT2D eigenvalue weighted by molar-refractivity contribution is 5.96. The van der Waals surface area contributed by atoms with Crippen LogP contribution in [0.25, 0.3) is 0 Å². The topological polar surface area (TPSA) is 55.4 Å². The molecule has 0 aliphatic carbocycles. The molecule has 0 aliphatic heterocycles. The van der Waals surface area contributed by atoms with Crippen LogP contribution in [-0.4, -0.2) is 24.5 Å². The van der Waals surface area contributed by atoms with E-state index in [9.17, 15) is 14.0 Å². The molecule has 0 heterocycles. The number of hydrogen-bond donors (Lipinski definition) is 1. The van der Waals surface area contributed by atoms with Crippen molar-refractivity contribution in [2.45, 2.75) is 110 Å². The average Bonchev–Trinajstić information content (AvgIpc) is 2.76.